The molecule has 0 saturated carbocycles. The van der Waals surface area contributed by atoms with Crippen molar-refractivity contribution < 1.29 is 9.53 Å². The number of carbonyl (C=O) groups excluding carboxylic acids is 1. The molecule has 2 aromatic rings. The summed E-state index contributed by atoms with van der Waals surface area (Å²) in [4.78, 5) is 11.7. The summed E-state index contributed by atoms with van der Waals surface area (Å²) in [5.74, 6) is -0.205. The van der Waals surface area contributed by atoms with E-state index in [1.807, 2.05) is 31.2 Å². The third kappa shape index (κ3) is 4.11. The molecule has 0 spiro atoms. The third-order valence-electron chi connectivity index (χ3n) is 2.51. The lowest BCUT2D eigenvalue weighted by Crippen LogP contribution is -2.23. The number of rotatable bonds is 6. The molecule has 1 aromatic heterocycles. The van der Waals surface area contributed by atoms with Gasteiger partial charge in [-0.1, -0.05) is 28.8 Å². The largest absolute Gasteiger partial charge is 0.377 e. The van der Waals surface area contributed by atoms with Crippen LogP contribution in [0, 0.1) is 0 Å². The maximum absolute atomic E-state index is 11.7. The molecule has 1 heterocycles. The number of hydrogen-bond donors (Lipinski definition) is 1. The molecule has 2 rings (SSSR count). The Balaban J connectivity index is 1.90. The number of carbonyl (C=O) groups is 1. The molecule has 0 aliphatic carbocycles. The van der Waals surface area contributed by atoms with Crippen molar-refractivity contribution in [1.29, 1.82) is 0 Å². The number of nitrogens with zero attached hydrogens (tertiary/aromatic N) is 2. The maximum atomic E-state index is 11.7. The normalized spacial score (nSPS) is 10.4. The number of benzene rings is 1. The first-order valence-corrected chi connectivity index (χ1v) is 6.84. The van der Waals surface area contributed by atoms with Gasteiger partial charge in [-0.25, -0.2) is 0 Å². The Morgan fingerprint density at radius 1 is 1.42 bits per heavy atom. The van der Waals surface area contributed by atoms with Gasteiger partial charge in [-0.3, -0.25) is 4.79 Å². The summed E-state index contributed by atoms with van der Waals surface area (Å²) in [5, 5.41) is 8.16. The van der Waals surface area contributed by atoms with Crippen molar-refractivity contribution in [3.8, 4) is 0 Å². The summed E-state index contributed by atoms with van der Waals surface area (Å²) in [6.45, 7) is 3.72. The Labute approximate surface area is 115 Å². The lowest BCUT2D eigenvalue weighted by Gasteiger charge is -2.06. The summed E-state index contributed by atoms with van der Waals surface area (Å²) in [6.07, 6.45) is 0. The van der Waals surface area contributed by atoms with Gasteiger partial charge in [-0.2, -0.15) is 0 Å². The maximum Gasteiger partial charge on any atom is 0.273 e. The van der Waals surface area contributed by atoms with Crippen LogP contribution in [0.4, 0.5) is 0 Å². The zero-order valence-corrected chi connectivity index (χ0v) is 11.4. The molecule has 19 heavy (non-hydrogen) atoms. The van der Waals surface area contributed by atoms with E-state index in [-0.39, 0.29) is 5.91 Å². The molecule has 0 aliphatic heterocycles. The van der Waals surface area contributed by atoms with Crippen LogP contribution in [0.25, 0.3) is 0 Å². The molecule has 0 fully saturated rings. The van der Waals surface area contributed by atoms with E-state index < -0.39 is 0 Å². The van der Waals surface area contributed by atoms with Gasteiger partial charge in [0, 0.05) is 18.5 Å². The van der Waals surface area contributed by atoms with E-state index >= 15 is 0 Å². The average Bonchev–Trinajstić information content (AvgIpc) is 2.97. The highest BCUT2D eigenvalue weighted by molar-refractivity contribution is 7.03. The molecular formula is C13H15N3O2S. The van der Waals surface area contributed by atoms with Gasteiger partial charge in [0.2, 0.25) is 0 Å². The second kappa shape index (κ2) is 6.96. The summed E-state index contributed by atoms with van der Waals surface area (Å²) in [6, 6.07) is 7.95. The van der Waals surface area contributed by atoms with Crippen molar-refractivity contribution >= 4 is 17.4 Å². The van der Waals surface area contributed by atoms with Crippen LogP contribution in [0.5, 0.6) is 0 Å². The third-order valence-corrected chi connectivity index (χ3v) is 3.01. The van der Waals surface area contributed by atoms with Crippen LogP contribution in [0.3, 0.4) is 0 Å². The van der Waals surface area contributed by atoms with Gasteiger partial charge in [-0.05, 0) is 29.6 Å². The molecule has 1 aromatic carbocycles. The van der Waals surface area contributed by atoms with Crippen LogP contribution in [0.1, 0.15) is 28.5 Å². The standard InChI is InChI=1S/C13H15N3O2S/c1-2-18-8-11-5-3-4-10(6-11)7-14-13(17)12-9-19-16-15-12/h3-6,9H,2,7-8H2,1H3,(H,14,17). The highest BCUT2D eigenvalue weighted by Gasteiger charge is 2.07. The highest BCUT2D eigenvalue weighted by atomic mass is 32.1. The Morgan fingerprint density at radius 2 is 2.26 bits per heavy atom. The first-order chi connectivity index (χ1) is 9.29. The summed E-state index contributed by atoms with van der Waals surface area (Å²) in [7, 11) is 0. The van der Waals surface area contributed by atoms with Gasteiger partial charge in [-0.15, -0.1) is 5.10 Å². The summed E-state index contributed by atoms with van der Waals surface area (Å²) >= 11 is 1.16. The van der Waals surface area contributed by atoms with Crippen LogP contribution in [-0.2, 0) is 17.9 Å². The van der Waals surface area contributed by atoms with Crippen molar-refractivity contribution in [3.05, 3.63) is 46.5 Å². The number of nitrogens with one attached hydrogen (secondary N) is 1. The van der Waals surface area contributed by atoms with E-state index in [1.165, 1.54) is 0 Å². The number of aromatic nitrogens is 2. The van der Waals surface area contributed by atoms with Gasteiger partial charge in [0.05, 0.1) is 6.61 Å². The fraction of sp³-hybridized carbons (Fsp3) is 0.308. The highest BCUT2D eigenvalue weighted by Crippen LogP contribution is 2.07. The van der Waals surface area contributed by atoms with E-state index in [1.54, 1.807) is 5.38 Å². The zero-order valence-electron chi connectivity index (χ0n) is 10.6. The van der Waals surface area contributed by atoms with Crippen LogP contribution < -0.4 is 5.32 Å². The Bertz CT molecular complexity index is 528. The van der Waals surface area contributed by atoms with E-state index in [4.69, 9.17) is 4.74 Å². The van der Waals surface area contributed by atoms with Gasteiger partial charge in [0.25, 0.3) is 5.91 Å². The minimum absolute atomic E-state index is 0.205. The average molecular weight is 277 g/mol. The lowest BCUT2D eigenvalue weighted by molar-refractivity contribution is 0.0946. The van der Waals surface area contributed by atoms with E-state index in [9.17, 15) is 4.79 Å². The molecular weight excluding hydrogens is 262 g/mol. The van der Waals surface area contributed by atoms with Crippen molar-refractivity contribution in [2.45, 2.75) is 20.1 Å². The monoisotopic (exact) mass is 277 g/mol. The molecule has 0 aliphatic rings. The molecule has 100 valence electrons. The quantitative estimate of drug-likeness (QED) is 0.877. The summed E-state index contributed by atoms with van der Waals surface area (Å²) < 4.78 is 9.02. The van der Waals surface area contributed by atoms with Gasteiger partial charge >= 0.3 is 0 Å². The fourth-order valence-electron chi connectivity index (χ4n) is 1.59. The molecule has 6 heteroatoms. The summed E-state index contributed by atoms with van der Waals surface area (Å²) in [5.41, 5.74) is 2.49. The molecule has 1 N–H and O–H groups in total. The van der Waals surface area contributed by atoms with Crippen LogP contribution in [0.15, 0.2) is 29.6 Å². The Morgan fingerprint density at radius 3 is 3.00 bits per heavy atom. The molecule has 0 atom stereocenters. The van der Waals surface area contributed by atoms with Crippen LogP contribution in [-0.4, -0.2) is 22.1 Å². The Kier molecular flexibility index (Phi) is 5.00. The molecule has 5 nitrogen and oxygen atoms in total. The second-order valence-corrected chi connectivity index (χ2v) is 4.54. The van der Waals surface area contributed by atoms with Gasteiger partial charge in [0.1, 0.15) is 0 Å². The van der Waals surface area contributed by atoms with Crippen molar-refractivity contribution in [1.82, 2.24) is 14.9 Å². The number of amides is 1. The fourth-order valence-corrected chi connectivity index (χ4v) is 2.02. The minimum atomic E-state index is -0.205. The first-order valence-electron chi connectivity index (χ1n) is 6.00. The van der Waals surface area contributed by atoms with E-state index in [0.29, 0.717) is 25.5 Å². The molecule has 0 bridgehead atoms. The van der Waals surface area contributed by atoms with Gasteiger partial charge in [0.15, 0.2) is 5.69 Å². The van der Waals surface area contributed by atoms with Crippen molar-refractivity contribution in [3.63, 3.8) is 0 Å². The predicted molar refractivity (Wildman–Crippen MR) is 72.9 cm³/mol. The second-order valence-electron chi connectivity index (χ2n) is 3.93. The molecule has 0 saturated heterocycles. The van der Waals surface area contributed by atoms with E-state index in [0.717, 1.165) is 22.7 Å². The smallest absolute Gasteiger partial charge is 0.273 e. The number of hydrogen-bond acceptors (Lipinski definition) is 5. The SMILES string of the molecule is CCOCc1cccc(CNC(=O)c2csnn2)c1. The van der Waals surface area contributed by atoms with Crippen LogP contribution in [0.2, 0.25) is 0 Å². The predicted octanol–water partition coefficient (Wildman–Crippen LogP) is 2.00. The molecule has 0 unspecified atom stereocenters. The van der Waals surface area contributed by atoms with Crippen molar-refractivity contribution in [2.24, 2.45) is 0 Å². The Hall–Kier alpha value is -1.79. The topological polar surface area (TPSA) is 64.1 Å². The molecule has 0 radical (unpaired) electrons. The lowest BCUT2D eigenvalue weighted by atomic mass is 10.1. The zero-order chi connectivity index (χ0) is 13.5. The van der Waals surface area contributed by atoms with Crippen molar-refractivity contribution in [2.75, 3.05) is 6.61 Å². The van der Waals surface area contributed by atoms with Gasteiger partial charge < -0.3 is 10.1 Å². The first kappa shape index (κ1) is 13.6. The number of ether oxygens (including phenoxy) is 1. The van der Waals surface area contributed by atoms with E-state index in [2.05, 4.69) is 14.9 Å². The van der Waals surface area contributed by atoms with Crippen LogP contribution >= 0.6 is 11.5 Å². The minimum Gasteiger partial charge on any atom is -0.377 e. The molecule has 1 amide bonds.